The third kappa shape index (κ3) is 5.57. The predicted molar refractivity (Wildman–Crippen MR) is 54.5 cm³/mol. The fraction of sp³-hybridized carbons (Fsp3) is 0.400. The van der Waals surface area contributed by atoms with Crippen molar-refractivity contribution in [3.05, 3.63) is 29.8 Å². The van der Waals surface area contributed by atoms with Crippen molar-refractivity contribution >= 4 is 13.6 Å². The Morgan fingerprint density at radius 2 is 1.60 bits per heavy atom. The van der Waals surface area contributed by atoms with E-state index < -0.39 is 17.2 Å². The average molecular weight is 330 g/mol. The zero-order valence-electron chi connectivity index (χ0n) is 8.90. The summed E-state index contributed by atoms with van der Waals surface area (Å²) in [6.45, 7) is 5.17. The monoisotopic (exact) mass is 328 g/mol. The van der Waals surface area contributed by atoms with Gasteiger partial charge in [-0.1, -0.05) is 0 Å². The molecule has 80 valence electrons. The summed E-state index contributed by atoms with van der Waals surface area (Å²) in [5.74, 6) is -1.80. The number of benzene rings is 1. The summed E-state index contributed by atoms with van der Waals surface area (Å²) in [6.07, 6.45) is 0. The van der Waals surface area contributed by atoms with Gasteiger partial charge < -0.3 is 4.74 Å². The molecule has 0 aliphatic rings. The second kappa shape index (κ2) is 6.54. The Labute approximate surface area is 105 Å². The second-order valence-corrected chi connectivity index (χ2v) is 3.69. The number of rotatable bonds is 1. The van der Waals surface area contributed by atoms with Crippen molar-refractivity contribution in [3.63, 3.8) is 0 Å². The van der Waals surface area contributed by atoms with Gasteiger partial charge in [-0.25, -0.2) is 0 Å². The molecule has 0 aromatic heterocycles. The maximum absolute atomic E-state index is 13.0. The Balaban J connectivity index is 0.000000921. The molecule has 0 N–H and O–H groups in total. The van der Waals surface area contributed by atoms with E-state index in [9.17, 15) is 8.78 Å². The Bertz CT molecular complexity index is 293. The van der Waals surface area contributed by atoms with Crippen LogP contribution >= 0.6 is 13.6 Å². The van der Waals surface area contributed by atoms with E-state index in [0.29, 0.717) is 0 Å². The number of hydrogen-bond acceptors (Lipinski definition) is 1. The van der Waals surface area contributed by atoms with Gasteiger partial charge in [0.2, 0.25) is 0 Å². The first kappa shape index (κ1) is 15.0. The topological polar surface area (TPSA) is 9.23 Å². The van der Waals surface area contributed by atoms with Gasteiger partial charge in [0, 0.05) is 0 Å². The number of hydrogen-bond donors (Lipinski definition) is 0. The van der Waals surface area contributed by atoms with Crippen LogP contribution in [0.1, 0.15) is 20.8 Å². The van der Waals surface area contributed by atoms with Gasteiger partial charge in [-0.05, 0) is 20.8 Å². The minimum absolute atomic E-state index is 0.341. The zero-order valence-corrected chi connectivity index (χ0v) is 13.5. The number of ether oxygens (including phenoxy) is 1. The summed E-state index contributed by atoms with van der Waals surface area (Å²) in [5, 5.41) is 0. The van der Waals surface area contributed by atoms with Crippen LogP contribution in [0.2, 0.25) is 0 Å². The first-order chi connectivity index (χ1) is 6.90. The van der Waals surface area contributed by atoms with Crippen LogP contribution in [0.15, 0.2) is 12.1 Å². The van der Waals surface area contributed by atoms with E-state index in [-0.39, 0.29) is 5.75 Å². The van der Waals surface area contributed by atoms with Gasteiger partial charge in [0.15, 0.2) is 0 Å². The van der Waals surface area contributed by atoms with E-state index in [4.69, 9.17) is 4.74 Å². The predicted octanol–water partition coefficient (Wildman–Crippen LogP) is 3.79. The number of halogens is 3. The normalized spacial score (nSPS) is 10.4. The fourth-order valence-corrected chi connectivity index (χ4v) is 0.837. The van der Waals surface area contributed by atoms with Gasteiger partial charge in [-0.15, -0.1) is 12.1 Å². The summed E-state index contributed by atoms with van der Waals surface area (Å²) >= 11 is 4.25. The van der Waals surface area contributed by atoms with Crippen LogP contribution in [0.4, 0.5) is 8.78 Å². The molecular formula is C10H11BrF2OZn. The van der Waals surface area contributed by atoms with E-state index in [1.54, 1.807) is 20.8 Å². The Morgan fingerprint density at radius 3 is 1.93 bits per heavy atom. The third-order valence-corrected chi connectivity index (χ3v) is 1.26. The van der Waals surface area contributed by atoms with Crippen LogP contribution in [0, 0.1) is 17.7 Å². The van der Waals surface area contributed by atoms with Crippen molar-refractivity contribution in [1.82, 2.24) is 0 Å². The summed E-state index contributed by atoms with van der Waals surface area (Å²) in [5.41, 5.74) is -0.608. The van der Waals surface area contributed by atoms with Crippen LogP contribution in [-0.4, -0.2) is 5.60 Å². The Hall–Kier alpha value is -0.0166. The van der Waals surface area contributed by atoms with Gasteiger partial charge in [0.1, 0.15) is 0 Å². The molecule has 15 heavy (non-hydrogen) atoms. The molecule has 0 atom stereocenters. The van der Waals surface area contributed by atoms with E-state index in [0.717, 1.165) is 12.1 Å². The van der Waals surface area contributed by atoms with Crippen LogP contribution in [0.25, 0.3) is 0 Å². The van der Waals surface area contributed by atoms with Crippen molar-refractivity contribution in [1.29, 1.82) is 0 Å². The maximum atomic E-state index is 13.0. The van der Waals surface area contributed by atoms with E-state index in [1.807, 2.05) is 0 Å². The average Bonchev–Trinajstić information content (AvgIpc) is 2.14. The van der Waals surface area contributed by atoms with Gasteiger partial charge in [0.05, 0.1) is 23.0 Å². The van der Waals surface area contributed by atoms with Crippen molar-refractivity contribution in [2.24, 2.45) is 0 Å². The van der Waals surface area contributed by atoms with E-state index in [2.05, 4.69) is 19.7 Å². The molecule has 0 aliphatic heterocycles. The van der Waals surface area contributed by atoms with Gasteiger partial charge in [-0.2, -0.15) is 6.07 Å². The first-order valence-electron chi connectivity index (χ1n) is 4.21. The molecule has 0 bridgehead atoms. The molecule has 0 amide bonds. The molecular weight excluding hydrogens is 319 g/mol. The van der Waals surface area contributed by atoms with Crippen molar-refractivity contribution in [3.8, 4) is 5.75 Å². The standard InChI is InChI=1S/C10H11F2O.BrH.Zn/c1-10(2,3)13-9-7(11)5-4-6-8(9)12;;/h5-6H,1-3H3;1H;/q-1;;+2/p-1. The molecule has 0 aliphatic carbocycles. The molecule has 1 aromatic carbocycles. The quantitative estimate of drug-likeness (QED) is 0.562. The molecule has 5 heteroatoms. The molecule has 0 radical (unpaired) electrons. The summed E-state index contributed by atoms with van der Waals surface area (Å²) in [4.78, 5) is 0. The van der Waals surface area contributed by atoms with Crippen LogP contribution in [0.3, 0.4) is 0 Å². The van der Waals surface area contributed by atoms with Gasteiger partial charge >= 0.3 is 30.0 Å². The summed E-state index contributed by atoms with van der Waals surface area (Å²) < 4.78 is 31.1. The molecule has 0 heterocycles. The molecule has 0 saturated heterocycles. The fourth-order valence-electron chi connectivity index (χ4n) is 0.837. The first-order valence-corrected chi connectivity index (χ1v) is 11.2. The van der Waals surface area contributed by atoms with Crippen molar-refractivity contribution in [2.45, 2.75) is 26.4 Å². The summed E-state index contributed by atoms with van der Waals surface area (Å²) in [7, 11) is 0. The van der Waals surface area contributed by atoms with Crippen LogP contribution in [-0.2, 0) is 16.3 Å². The molecule has 0 saturated carbocycles. The van der Waals surface area contributed by atoms with Crippen LogP contribution in [0.5, 0.6) is 5.75 Å². The Morgan fingerprint density at radius 1 is 1.20 bits per heavy atom. The zero-order chi connectivity index (χ0) is 12.1. The molecule has 1 aromatic rings. The van der Waals surface area contributed by atoms with Crippen LogP contribution < -0.4 is 4.74 Å². The molecule has 1 rings (SSSR count). The van der Waals surface area contributed by atoms with E-state index in [1.165, 1.54) is 16.3 Å². The SMILES string of the molecule is CC(C)(C)Oc1c(F)c[c-]cc1F.[Zn+][Br]. The molecule has 0 fully saturated rings. The van der Waals surface area contributed by atoms with Crippen molar-refractivity contribution < 1.29 is 29.9 Å². The van der Waals surface area contributed by atoms with Gasteiger partial charge in [-0.3, -0.25) is 8.78 Å². The molecule has 1 nitrogen and oxygen atoms in total. The third-order valence-electron chi connectivity index (χ3n) is 1.26. The minimum atomic E-state index is -0.727. The Kier molecular flexibility index (Phi) is 6.53. The molecule has 0 spiro atoms. The van der Waals surface area contributed by atoms with Gasteiger partial charge in [0.25, 0.3) is 0 Å². The van der Waals surface area contributed by atoms with Crippen molar-refractivity contribution in [2.75, 3.05) is 0 Å². The summed E-state index contributed by atoms with van der Waals surface area (Å²) in [6, 6.07) is 4.42. The molecule has 0 unspecified atom stereocenters. The van der Waals surface area contributed by atoms with E-state index >= 15 is 0 Å². The second-order valence-electron chi connectivity index (χ2n) is 3.69.